The summed E-state index contributed by atoms with van der Waals surface area (Å²) < 4.78 is 10.2. The lowest BCUT2D eigenvalue weighted by Crippen LogP contribution is -2.24. The highest BCUT2D eigenvalue weighted by Gasteiger charge is 2.30. The van der Waals surface area contributed by atoms with Crippen molar-refractivity contribution in [1.29, 1.82) is 0 Å². The summed E-state index contributed by atoms with van der Waals surface area (Å²) in [7, 11) is 2.98. The van der Waals surface area contributed by atoms with Crippen LogP contribution in [0.2, 0.25) is 0 Å². The molecule has 0 bridgehead atoms. The van der Waals surface area contributed by atoms with Gasteiger partial charge in [0.2, 0.25) is 5.91 Å². The van der Waals surface area contributed by atoms with Gasteiger partial charge >= 0.3 is 0 Å². The smallest absolute Gasteiger partial charge is 0.278 e. The van der Waals surface area contributed by atoms with Crippen molar-refractivity contribution >= 4 is 23.4 Å². The molecule has 0 spiro atoms. The number of methoxy groups -OCH3 is 2. The maximum atomic E-state index is 12.2. The number of carbonyl (C=O) groups is 1. The van der Waals surface area contributed by atoms with Gasteiger partial charge in [0.05, 0.1) is 31.8 Å². The number of rotatable bonds is 3. The van der Waals surface area contributed by atoms with Crippen molar-refractivity contribution < 1.29 is 14.3 Å². The first-order valence-corrected chi connectivity index (χ1v) is 7.12. The molecule has 1 amide bonds. The van der Waals surface area contributed by atoms with Gasteiger partial charge in [-0.2, -0.15) is 0 Å². The number of benzene rings is 1. The van der Waals surface area contributed by atoms with Crippen LogP contribution in [-0.2, 0) is 4.79 Å². The number of anilines is 1. The van der Waals surface area contributed by atoms with Crippen molar-refractivity contribution in [2.24, 2.45) is 0 Å². The quantitative estimate of drug-likeness (QED) is 0.937. The molecule has 1 aromatic heterocycles. The van der Waals surface area contributed by atoms with E-state index in [1.807, 2.05) is 24.3 Å². The maximum Gasteiger partial charge on any atom is 0.278 e. The summed E-state index contributed by atoms with van der Waals surface area (Å²) in [6.07, 6.45) is 1.53. The number of thioether (sulfide) groups is 1. The highest BCUT2D eigenvalue weighted by molar-refractivity contribution is 8.00. The Labute approximate surface area is 125 Å². The van der Waals surface area contributed by atoms with E-state index in [1.54, 1.807) is 0 Å². The minimum atomic E-state index is -0.466. The highest BCUT2D eigenvalue weighted by atomic mass is 32.2. The van der Waals surface area contributed by atoms with E-state index < -0.39 is 5.25 Å². The van der Waals surface area contributed by atoms with Gasteiger partial charge in [-0.05, 0) is 12.1 Å². The Morgan fingerprint density at radius 1 is 1.19 bits per heavy atom. The van der Waals surface area contributed by atoms with Crippen LogP contribution in [0.3, 0.4) is 0 Å². The second kappa shape index (κ2) is 5.61. The van der Waals surface area contributed by atoms with Crippen molar-refractivity contribution in [3.63, 3.8) is 0 Å². The number of aromatic nitrogens is 2. The largest absolute Gasteiger partial charge is 0.477 e. The van der Waals surface area contributed by atoms with Crippen LogP contribution in [0, 0.1) is 0 Å². The molecule has 21 heavy (non-hydrogen) atoms. The molecule has 3 rings (SSSR count). The van der Waals surface area contributed by atoms with Crippen LogP contribution < -0.4 is 14.8 Å². The third-order valence-corrected chi connectivity index (χ3v) is 4.31. The van der Waals surface area contributed by atoms with E-state index in [-0.39, 0.29) is 11.8 Å². The number of carbonyl (C=O) groups excluding carboxylic acids is 1. The van der Waals surface area contributed by atoms with E-state index in [4.69, 9.17) is 9.47 Å². The summed E-state index contributed by atoms with van der Waals surface area (Å²) in [6.45, 7) is 0. The fourth-order valence-electron chi connectivity index (χ4n) is 2.02. The zero-order valence-corrected chi connectivity index (χ0v) is 12.3. The van der Waals surface area contributed by atoms with Gasteiger partial charge in [-0.1, -0.05) is 12.1 Å². The van der Waals surface area contributed by atoms with Gasteiger partial charge in [0.15, 0.2) is 0 Å². The predicted octanol–water partition coefficient (Wildman–Crippen LogP) is 2.28. The number of amides is 1. The van der Waals surface area contributed by atoms with Gasteiger partial charge in [-0.25, -0.2) is 9.97 Å². The van der Waals surface area contributed by atoms with Crippen molar-refractivity contribution in [3.8, 4) is 11.8 Å². The number of nitrogens with one attached hydrogen (secondary N) is 1. The van der Waals surface area contributed by atoms with Crippen molar-refractivity contribution in [2.45, 2.75) is 10.1 Å². The van der Waals surface area contributed by atoms with Crippen LogP contribution in [0.25, 0.3) is 0 Å². The molecule has 2 heterocycles. The number of para-hydroxylation sites is 1. The number of nitrogens with zero attached hydrogens (tertiary/aromatic N) is 2. The van der Waals surface area contributed by atoms with Gasteiger partial charge in [0.25, 0.3) is 11.8 Å². The van der Waals surface area contributed by atoms with Gasteiger partial charge in [-0.15, -0.1) is 11.8 Å². The summed E-state index contributed by atoms with van der Waals surface area (Å²) in [5.74, 6) is 0.436. The first-order valence-electron chi connectivity index (χ1n) is 6.24. The Kier molecular flexibility index (Phi) is 3.66. The third kappa shape index (κ3) is 2.52. The lowest BCUT2D eigenvalue weighted by atomic mass is 10.2. The van der Waals surface area contributed by atoms with Crippen LogP contribution in [0.1, 0.15) is 10.9 Å². The SMILES string of the molecule is COc1ncc(C2Sc3ccccc3NC2=O)nc1OC. The molecule has 7 heteroatoms. The monoisotopic (exact) mass is 303 g/mol. The molecule has 0 saturated carbocycles. The molecule has 0 aliphatic carbocycles. The van der Waals surface area contributed by atoms with E-state index in [2.05, 4.69) is 15.3 Å². The molecule has 1 aliphatic heterocycles. The third-order valence-electron chi connectivity index (χ3n) is 3.01. The fraction of sp³-hybridized carbons (Fsp3) is 0.214. The standard InChI is InChI=1S/C14H13N3O3S/c1-19-13-14(20-2)17-9(7-15-13)11-12(18)16-8-5-3-4-6-10(8)21-11/h3-7,11H,1-2H3,(H,16,18). The average molecular weight is 303 g/mol. The highest BCUT2D eigenvalue weighted by Crippen LogP contribution is 2.43. The van der Waals surface area contributed by atoms with Gasteiger partial charge in [-0.3, -0.25) is 4.79 Å². The number of hydrogen-bond donors (Lipinski definition) is 1. The van der Waals surface area contributed by atoms with Crippen LogP contribution in [0.5, 0.6) is 11.8 Å². The minimum Gasteiger partial charge on any atom is -0.477 e. The summed E-state index contributed by atoms with van der Waals surface area (Å²) >= 11 is 1.44. The molecule has 0 fully saturated rings. The Bertz CT molecular complexity index is 693. The van der Waals surface area contributed by atoms with E-state index in [0.717, 1.165) is 10.6 Å². The van der Waals surface area contributed by atoms with E-state index in [1.165, 1.54) is 32.2 Å². The Hall–Kier alpha value is -2.28. The molecule has 0 radical (unpaired) electrons. The van der Waals surface area contributed by atoms with Gasteiger partial charge < -0.3 is 14.8 Å². The molecule has 1 aromatic carbocycles. The summed E-state index contributed by atoms with van der Waals surface area (Å²) in [5.41, 5.74) is 1.35. The molecule has 1 atom stereocenters. The second-order valence-electron chi connectivity index (χ2n) is 4.30. The Balaban J connectivity index is 1.96. The van der Waals surface area contributed by atoms with Crippen LogP contribution in [-0.4, -0.2) is 30.1 Å². The molecule has 6 nitrogen and oxygen atoms in total. The number of ether oxygens (including phenoxy) is 2. The summed E-state index contributed by atoms with van der Waals surface area (Å²) in [4.78, 5) is 21.7. The maximum absolute atomic E-state index is 12.2. The molecule has 0 saturated heterocycles. The molecule has 1 N–H and O–H groups in total. The molecular weight excluding hydrogens is 290 g/mol. The van der Waals surface area contributed by atoms with Crippen LogP contribution >= 0.6 is 11.8 Å². The molecule has 108 valence electrons. The molecular formula is C14H13N3O3S. The number of hydrogen-bond acceptors (Lipinski definition) is 6. The average Bonchev–Trinajstić information content (AvgIpc) is 2.53. The van der Waals surface area contributed by atoms with Gasteiger partial charge in [0, 0.05) is 4.90 Å². The number of fused-ring (bicyclic) bond motifs is 1. The molecule has 1 aliphatic rings. The first-order chi connectivity index (χ1) is 10.2. The van der Waals surface area contributed by atoms with Gasteiger partial charge in [0.1, 0.15) is 5.25 Å². The lowest BCUT2D eigenvalue weighted by molar-refractivity contribution is -0.116. The lowest BCUT2D eigenvalue weighted by Gasteiger charge is -2.23. The summed E-state index contributed by atoms with van der Waals surface area (Å²) in [6, 6.07) is 7.65. The second-order valence-corrected chi connectivity index (χ2v) is 5.44. The van der Waals surface area contributed by atoms with E-state index in [9.17, 15) is 4.79 Å². The zero-order chi connectivity index (χ0) is 14.8. The normalized spacial score (nSPS) is 16.9. The summed E-state index contributed by atoms with van der Waals surface area (Å²) in [5, 5.41) is 2.41. The minimum absolute atomic E-state index is 0.125. The van der Waals surface area contributed by atoms with Crippen LogP contribution in [0.15, 0.2) is 35.4 Å². The van der Waals surface area contributed by atoms with Crippen molar-refractivity contribution in [1.82, 2.24) is 9.97 Å². The molecule has 2 aromatic rings. The molecule has 1 unspecified atom stereocenters. The van der Waals surface area contributed by atoms with E-state index >= 15 is 0 Å². The topological polar surface area (TPSA) is 73.3 Å². The first kappa shape index (κ1) is 13.7. The van der Waals surface area contributed by atoms with Crippen molar-refractivity contribution in [2.75, 3.05) is 19.5 Å². The van der Waals surface area contributed by atoms with Crippen molar-refractivity contribution in [3.05, 3.63) is 36.2 Å². The predicted molar refractivity (Wildman–Crippen MR) is 78.8 cm³/mol. The fourth-order valence-corrected chi connectivity index (χ4v) is 3.08. The Morgan fingerprint density at radius 2 is 1.95 bits per heavy atom. The zero-order valence-electron chi connectivity index (χ0n) is 11.5. The Morgan fingerprint density at radius 3 is 2.71 bits per heavy atom. The van der Waals surface area contributed by atoms with E-state index in [0.29, 0.717) is 11.6 Å². The van der Waals surface area contributed by atoms with Crippen LogP contribution in [0.4, 0.5) is 5.69 Å².